The molecule has 16 heavy (non-hydrogen) atoms. The van der Waals surface area contributed by atoms with Gasteiger partial charge in [0.1, 0.15) is 0 Å². The first-order valence-electron chi connectivity index (χ1n) is 5.24. The summed E-state index contributed by atoms with van der Waals surface area (Å²) in [6, 6.07) is 0. The first-order valence-corrected chi connectivity index (χ1v) is 5.24. The highest BCUT2D eigenvalue weighted by atomic mass is 16.5. The Kier molecular flexibility index (Phi) is 9.64. The molecule has 6 heteroatoms. The molecule has 0 fully saturated rings. The summed E-state index contributed by atoms with van der Waals surface area (Å²) in [5.41, 5.74) is 0. The predicted molar refractivity (Wildman–Crippen MR) is 59.0 cm³/mol. The SMILES string of the molecule is COCCNC(=O)CNCCCC(=O)OC. The molecule has 2 N–H and O–H groups in total. The molecule has 0 saturated heterocycles. The summed E-state index contributed by atoms with van der Waals surface area (Å²) in [6.07, 6.45) is 1.03. The van der Waals surface area contributed by atoms with Gasteiger partial charge in [-0.3, -0.25) is 9.59 Å². The predicted octanol–water partition coefficient (Wildman–Crippen LogP) is -0.708. The minimum atomic E-state index is -0.230. The Morgan fingerprint density at radius 2 is 1.94 bits per heavy atom. The lowest BCUT2D eigenvalue weighted by molar-refractivity contribution is -0.140. The lowest BCUT2D eigenvalue weighted by Crippen LogP contribution is -2.36. The highest BCUT2D eigenvalue weighted by Crippen LogP contribution is 1.88. The molecule has 0 atom stereocenters. The molecule has 1 amide bonds. The van der Waals surface area contributed by atoms with Crippen LogP contribution in [-0.4, -0.2) is 52.3 Å². The lowest BCUT2D eigenvalue weighted by atomic mass is 10.3. The van der Waals surface area contributed by atoms with Gasteiger partial charge in [-0.05, 0) is 13.0 Å². The van der Waals surface area contributed by atoms with Crippen molar-refractivity contribution in [3.05, 3.63) is 0 Å². The van der Waals surface area contributed by atoms with Crippen LogP contribution in [-0.2, 0) is 19.1 Å². The molecule has 0 unspecified atom stereocenters. The highest BCUT2D eigenvalue weighted by Gasteiger charge is 2.01. The summed E-state index contributed by atoms with van der Waals surface area (Å²) in [5.74, 6) is -0.304. The van der Waals surface area contributed by atoms with Crippen molar-refractivity contribution in [2.45, 2.75) is 12.8 Å². The molecule has 0 aliphatic heterocycles. The average molecular weight is 232 g/mol. The summed E-state index contributed by atoms with van der Waals surface area (Å²) < 4.78 is 9.27. The Hall–Kier alpha value is -1.14. The quantitative estimate of drug-likeness (QED) is 0.406. The molecule has 94 valence electrons. The third-order valence-corrected chi connectivity index (χ3v) is 1.88. The van der Waals surface area contributed by atoms with Crippen LogP contribution in [0.2, 0.25) is 0 Å². The van der Waals surface area contributed by atoms with E-state index < -0.39 is 0 Å². The third-order valence-electron chi connectivity index (χ3n) is 1.88. The van der Waals surface area contributed by atoms with E-state index in [9.17, 15) is 9.59 Å². The van der Waals surface area contributed by atoms with Crippen LogP contribution in [0.15, 0.2) is 0 Å². The fraction of sp³-hybridized carbons (Fsp3) is 0.800. The van der Waals surface area contributed by atoms with E-state index in [1.807, 2.05) is 0 Å². The zero-order chi connectivity index (χ0) is 12.2. The van der Waals surface area contributed by atoms with Gasteiger partial charge in [-0.15, -0.1) is 0 Å². The summed E-state index contributed by atoms with van der Waals surface area (Å²) >= 11 is 0. The van der Waals surface area contributed by atoms with Crippen LogP contribution >= 0.6 is 0 Å². The van der Waals surface area contributed by atoms with E-state index in [0.29, 0.717) is 32.5 Å². The number of amides is 1. The van der Waals surface area contributed by atoms with E-state index in [1.165, 1.54) is 7.11 Å². The van der Waals surface area contributed by atoms with Crippen molar-refractivity contribution < 1.29 is 19.1 Å². The van der Waals surface area contributed by atoms with Crippen LogP contribution in [0, 0.1) is 0 Å². The highest BCUT2D eigenvalue weighted by molar-refractivity contribution is 5.77. The van der Waals surface area contributed by atoms with Gasteiger partial charge < -0.3 is 20.1 Å². The molecule has 0 heterocycles. The van der Waals surface area contributed by atoms with Crippen molar-refractivity contribution in [3.8, 4) is 0 Å². The maximum absolute atomic E-state index is 11.2. The summed E-state index contributed by atoms with van der Waals surface area (Å²) in [7, 11) is 2.94. The number of carbonyl (C=O) groups is 2. The van der Waals surface area contributed by atoms with Crippen LogP contribution in [0.25, 0.3) is 0 Å². The molecule has 0 aliphatic rings. The molecule has 0 bridgehead atoms. The van der Waals surface area contributed by atoms with Crippen LogP contribution < -0.4 is 10.6 Å². The maximum atomic E-state index is 11.2. The Bertz CT molecular complexity index is 209. The van der Waals surface area contributed by atoms with Crippen molar-refractivity contribution >= 4 is 11.9 Å². The Balaban J connectivity index is 3.24. The second kappa shape index (κ2) is 10.4. The average Bonchev–Trinajstić information content (AvgIpc) is 2.28. The molecule has 0 aromatic heterocycles. The number of ether oxygens (including phenoxy) is 2. The minimum absolute atomic E-state index is 0.0740. The van der Waals surface area contributed by atoms with Crippen LogP contribution in [0.1, 0.15) is 12.8 Å². The Labute approximate surface area is 95.7 Å². The standard InChI is InChI=1S/C10H20N2O4/c1-15-7-6-12-9(13)8-11-5-3-4-10(14)16-2/h11H,3-8H2,1-2H3,(H,12,13). The van der Waals surface area contributed by atoms with E-state index in [4.69, 9.17) is 4.74 Å². The summed E-state index contributed by atoms with van der Waals surface area (Å²) in [4.78, 5) is 21.9. The fourth-order valence-corrected chi connectivity index (χ4v) is 1.02. The molecule has 0 aromatic carbocycles. The third kappa shape index (κ3) is 9.42. The zero-order valence-corrected chi connectivity index (χ0v) is 9.88. The smallest absolute Gasteiger partial charge is 0.305 e. The maximum Gasteiger partial charge on any atom is 0.305 e. The van der Waals surface area contributed by atoms with Gasteiger partial charge in [-0.2, -0.15) is 0 Å². The van der Waals surface area contributed by atoms with E-state index in [2.05, 4.69) is 15.4 Å². The molecule has 0 radical (unpaired) electrons. The van der Waals surface area contributed by atoms with Gasteiger partial charge in [-0.1, -0.05) is 0 Å². The molecule has 0 rings (SSSR count). The number of hydrogen-bond acceptors (Lipinski definition) is 5. The first kappa shape index (κ1) is 14.9. The molecule has 6 nitrogen and oxygen atoms in total. The van der Waals surface area contributed by atoms with E-state index >= 15 is 0 Å². The Morgan fingerprint density at radius 1 is 1.19 bits per heavy atom. The molecule has 0 aliphatic carbocycles. The lowest BCUT2D eigenvalue weighted by Gasteiger charge is -2.05. The number of esters is 1. The van der Waals surface area contributed by atoms with Crippen LogP contribution in [0.4, 0.5) is 0 Å². The van der Waals surface area contributed by atoms with E-state index in [0.717, 1.165) is 0 Å². The first-order chi connectivity index (χ1) is 7.70. The second-order valence-electron chi connectivity index (χ2n) is 3.20. The van der Waals surface area contributed by atoms with Gasteiger partial charge in [0, 0.05) is 20.1 Å². The number of hydrogen-bond donors (Lipinski definition) is 2. The van der Waals surface area contributed by atoms with Gasteiger partial charge in [0.2, 0.25) is 5.91 Å². The van der Waals surface area contributed by atoms with Gasteiger partial charge >= 0.3 is 5.97 Å². The van der Waals surface area contributed by atoms with Gasteiger partial charge in [-0.25, -0.2) is 0 Å². The Morgan fingerprint density at radius 3 is 2.56 bits per heavy atom. The van der Waals surface area contributed by atoms with E-state index in [1.54, 1.807) is 7.11 Å². The normalized spacial score (nSPS) is 9.88. The number of carbonyl (C=O) groups excluding carboxylic acids is 2. The number of nitrogens with one attached hydrogen (secondary N) is 2. The molecule has 0 aromatic rings. The molecule has 0 saturated carbocycles. The van der Waals surface area contributed by atoms with Crippen molar-refractivity contribution in [1.29, 1.82) is 0 Å². The monoisotopic (exact) mass is 232 g/mol. The van der Waals surface area contributed by atoms with Gasteiger partial charge in [0.05, 0.1) is 20.3 Å². The van der Waals surface area contributed by atoms with Crippen molar-refractivity contribution in [3.63, 3.8) is 0 Å². The molecule has 0 spiro atoms. The van der Waals surface area contributed by atoms with Crippen molar-refractivity contribution in [2.75, 3.05) is 40.5 Å². The van der Waals surface area contributed by atoms with Gasteiger partial charge in [0.15, 0.2) is 0 Å². The largest absolute Gasteiger partial charge is 0.469 e. The molecular formula is C10H20N2O4. The van der Waals surface area contributed by atoms with Crippen molar-refractivity contribution in [1.82, 2.24) is 10.6 Å². The van der Waals surface area contributed by atoms with Crippen LogP contribution in [0.3, 0.4) is 0 Å². The number of methoxy groups -OCH3 is 2. The summed E-state index contributed by atoms with van der Waals surface area (Å²) in [6.45, 7) is 1.89. The summed E-state index contributed by atoms with van der Waals surface area (Å²) in [5, 5.41) is 5.61. The number of rotatable bonds is 9. The van der Waals surface area contributed by atoms with Crippen molar-refractivity contribution in [2.24, 2.45) is 0 Å². The zero-order valence-electron chi connectivity index (χ0n) is 9.88. The fourth-order valence-electron chi connectivity index (χ4n) is 1.02. The topological polar surface area (TPSA) is 76.7 Å². The molecular weight excluding hydrogens is 212 g/mol. The van der Waals surface area contributed by atoms with E-state index in [-0.39, 0.29) is 18.4 Å². The van der Waals surface area contributed by atoms with Gasteiger partial charge in [0.25, 0.3) is 0 Å². The second-order valence-corrected chi connectivity index (χ2v) is 3.20. The van der Waals surface area contributed by atoms with Crippen LogP contribution in [0.5, 0.6) is 0 Å². The minimum Gasteiger partial charge on any atom is -0.469 e.